The molecule has 2 aromatic heterocycles. The van der Waals surface area contributed by atoms with E-state index in [-0.39, 0.29) is 12.5 Å². The van der Waals surface area contributed by atoms with Gasteiger partial charge in [-0.25, -0.2) is 4.98 Å². The van der Waals surface area contributed by atoms with Crippen molar-refractivity contribution in [2.75, 3.05) is 13.2 Å². The smallest absolute Gasteiger partial charge is 0.194 e. The van der Waals surface area contributed by atoms with Gasteiger partial charge in [0, 0.05) is 23.4 Å². The van der Waals surface area contributed by atoms with Crippen LogP contribution in [0.2, 0.25) is 0 Å². The van der Waals surface area contributed by atoms with Gasteiger partial charge in [0.15, 0.2) is 4.96 Å². The average Bonchev–Trinajstić information content (AvgIpc) is 2.77. The number of aryl methyl sites for hydroxylation is 2. The molecule has 5 heteroatoms. The summed E-state index contributed by atoms with van der Waals surface area (Å²) in [6.07, 6.45) is 0.789. The second-order valence-corrected chi connectivity index (χ2v) is 4.96. The largest absolute Gasteiger partial charge is 0.396 e. The molecule has 0 saturated heterocycles. The third-order valence-electron chi connectivity index (χ3n) is 2.90. The van der Waals surface area contributed by atoms with E-state index in [0.29, 0.717) is 6.54 Å². The summed E-state index contributed by atoms with van der Waals surface area (Å²) in [5.41, 5.74) is 9.04. The minimum absolute atomic E-state index is 0.123. The van der Waals surface area contributed by atoms with Crippen LogP contribution < -0.4 is 5.73 Å². The van der Waals surface area contributed by atoms with Crippen LogP contribution in [0.15, 0.2) is 5.38 Å². The van der Waals surface area contributed by atoms with Crippen molar-refractivity contribution in [2.24, 2.45) is 11.7 Å². The molecule has 2 aromatic rings. The number of nitrogens with zero attached hydrogens (tertiary/aromatic N) is 2. The molecule has 0 radical (unpaired) electrons. The van der Waals surface area contributed by atoms with Gasteiger partial charge in [-0.1, -0.05) is 0 Å². The fraction of sp³-hybridized carbons (Fsp3) is 0.545. The summed E-state index contributed by atoms with van der Waals surface area (Å²) in [5, 5.41) is 11.3. The van der Waals surface area contributed by atoms with Crippen LogP contribution in [-0.4, -0.2) is 27.6 Å². The average molecular weight is 239 g/mol. The van der Waals surface area contributed by atoms with Gasteiger partial charge in [0.1, 0.15) is 0 Å². The monoisotopic (exact) mass is 239 g/mol. The van der Waals surface area contributed by atoms with Crippen LogP contribution in [0.4, 0.5) is 0 Å². The first-order valence-corrected chi connectivity index (χ1v) is 6.28. The molecule has 3 N–H and O–H groups in total. The summed E-state index contributed by atoms with van der Waals surface area (Å²) >= 11 is 1.65. The third-order valence-corrected chi connectivity index (χ3v) is 3.85. The van der Waals surface area contributed by atoms with Gasteiger partial charge in [-0.15, -0.1) is 11.3 Å². The first-order valence-electron chi connectivity index (χ1n) is 5.40. The lowest BCUT2D eigenvalue weighted by Crippen LogP contribution is -2.21. The molecule has 0 amide bonds. The van der Waals surface area contributed by atoms with Gasteiger partial charge >= 0.3 is 0 Å². The Morgan fingerprint density at radius 1 is 1.56 bits per heavy atom. The van der Waals surface area contributed by atoms with Gasteiger partial charge in [0.25, 0.3) is 0 Å². The van der Waals surface area contributed by atoms with Crippen LogP contribution in [0, 0.1) is 19.8 Å². The maximum absolute atomic E-state index is 9.20. The van der Waals surface area contributed by atoms with Crippen molar-refractivity contribution >= 4 is 16.3 Å². The van der Waals surface area contributed by atoms with Crippen molar-refractivity contribution in [3.63, 3.8) is 0 Å². The number of aliphatic hydroxyl groups excluding tert-OH is 1. The molecule has 0 aliphatic rings. The molecule has 1 atom stereocenters. The fourth-order valence-electron chi connectivity index (χ4n) is 1.90. The minimum atomic E-state index is 0.123. The Kier molecular flexibility index (Phi) is 3.28. The number of hydrogen-bond donors (Lipinski definition) is 2. The molecule has 0 aliphatic heterocycles. The standard InChI is InChI=1S/C11H17N3OS/c1-7-6-16-11-13-8(2)10(14(7)11)3-9(4-12)5-15/h6,9,15H,3-5,12H2,1-2H3. The van der Waals surface area contributed by atoms with Gasteiger partial charge in [-0.05, 0) is 32.7 Å². The molecule has 0 aromatic carbocycles. The van der Waals surface area contributed by atoms with Gasteiger partial charge in [0.2, 0.25) is 0 Å². The van der Waals surface area contributed by atoms with Gasteiger partial charge in [0.05, 0.1) is 5.69 Å². The van der Waals surface area contributed by atoms with E-state index in [0.717, 1.165) is 17.1 Å². The topological polar surface area (TPSA) is 63.5 Å². The van der Waals surface area contributed by atoms with Gasteiger partial charge in [-0.3, -0.25) is 4.40 Å². The normalized spacial score (nSPS) is 13.5. The van der Waals surface area contributed by atoms with E-state index in [2.05, 4.69) is 21.7 Å². The number of thiazole rings is 1. The van der Waals surface area contributed by atoms with Crippen molar-refractivity contribution in [3.05, 3.63) is 22.5 Å². The predicted octanol–water partition coefficient (Wildman–Crippen LogP) is 1.12. The number of aromatic nitrogens is 2. The summed E-state index contributed by atoms with van der Waals surface area (Å²) in [4.78, 5) is 5.54. The van der Waals surface area contributed by atoms with Crippen LogP contribution in [0.5, 0.6) is 0 Å². The number of fused-ring (bicyclic) bond motifs is 1. The predicted molar refractivity (Wildman–Crippen MR) is 65.9 cm³/mol. The Morgan fingerprint density at radius 3 is 2.94 bits per heavy atom. The van der Waals surface area contributed by atoms with Crippen LogP contribution in [0.1, 0.15) is 17.1 Å². The Balaban J connectivity index is 2.41. The summed E-state index contributed by atoms with van der Waals surface area (Å²) < 4.78 is 2.16. The lowest BCUT2D eigenvalue weighted by atomic mass is 10.0. The Hall–Kier alpha value is -0.910. The van der Waals surface area contributed by atoms with Crippen molar-refractivity contribution in [1.29, 1.82) is 0 Å². The highest BCUT2D eigenvalue weighted by Gasteiger charge is 2.15. The van der Waals surface area contributed by atoms with E-state index in [1.165, 1.54) is 11.4 Å². The van der Waals surface area contributed by atoms with Gasteiger partial charge in [-0.2, -0.15) is 0 Å². The van der Waals surface area contributed by atoms with E-state index in [1.54, 1.807) is 11.3 Å². The van der Waals surface area contributed by atoms with Crippen LogP contribution in [0.25, 0.3) is 4.96 Å². The first kappa shape index (κ1) is 11.6. The number of nitrogens with two attached hydrogens (primary N) is 1. The van der Waals surface area contributed by atoms with Crippen molar-refractivity contribution < 1.29 is 5.11 Å². The molecule has 2 rings (SSSR count). The molecular weight excluding hydrogens is 222 g/mol. The van der Waals surface area contributed by atoms with Crippen LogP contribution in [-0.2, 0) is 6.42 Å². The maximum atomic E-state index is 9.20. The Morgan fingerprint density at radius 2 is 2.31 bits per heavy atom. The SMILES string of the molecule is Cc1nc2scc(C)n2c1CC(CN)CO. The number of hydrogen-bond acceptors (Lipinski definition) is 4. The molecule has 0 aliphatic carbocycles. The molecule has 2 heterocycles. The first-order chi connectivity index (χ1) is 7.67. The lowest BCUT2D eigenvalue weighted by Gasteiger charge is -2.11. The van der Waals surface area contributed by atoms with Crippen LogP contribution in [0.3, 0.4) is 0 Å². The van der Waals surface area contributed by atoms with Gasteiger partial charge < -0.3 is 10.8 Å². The Bertz CT molecular complexity index is 485. The van der Waals surface area contributed by atoms with Crippen molar-refractivity contribution in [2.45, 2.75) is 20.3 Å². The highest BCUT2D eigenvalue weighted by Crippen LogP contribution is 2.22. The van der Waals surface area contributed by atoms with Crippen molar-refractivity contribution in [1.82, 2.24) is 9.38 Å². The van der Waals surface area contributed by atoms with E-state index in [9.17, 15) is 5.11 Å². The molecule has 16 heavy (non-hydrogen) atoms. The molecule has 88 valence electrons. The zero-order chi connectivity index (χ0) is 11.7. The van der Waals surface area contributed by atoms with E-state index in [1.807, 2.05) is 6.92 Å². The van der Waals surface area contributed by atoms with E-state index >= 15 is 0 Å². The summed E-state index contributed by atoms with van der Waals surface area (Å²) in [6.45, 7) is 4.72. The van der Waals surface area contributed by atoms with E-state index < -0.39 is 0 Å². The number of aliphatic hydroxyl groups is 1. The minimum Gasteiger partial charge on any atom is -0.396 e. The Labute approximate surface area is 98.7 Å². The highest BCUT2D eigenvalue weighted by atomic mass is 32.1. The summed E-state index contributed by atoms with van der Waals surface area (Å²) in [7, 11) is 0. The third kappa shape index (κ3) is 1.86. The molecule has 1 unspecified atom stereocenters. The van der Waals surface area contributed by atoms with E-state index in [4.69, 9.17) is 5.73 Å². The molecule has 0 fully saturated rings. The second-order valence-electron chi connectivity index (χ2n) is 4.13. The highest BCUT2D eigenvalue weighted by molar-refractivity contribution is 7.15. The maximum Gasteiger partial charge on any atom is 0.194 e. The molecule has 4 nitrogen and oxygen atoms in total. The zero-order valence-corrected chi connectivity index (χ0v) is 10.4. The number of imidazole rings is 1. The molecular formula is C11H17N3OS. The lowest BCUT2D eigenvalue weighted by molar-refractivity contribution is 0.228. The number of rotatable bonds is 4. The fourth-order valence-corrected chi connectivity index (χ4v) is 2.83. The zero-order valence-electron chi connectivity index (χ0n) is 9.60. The quantitative estimate of drug-likeness (QED) is 0.840. The van der Waals surface area contributed by atoms with Crippen LogP contribution >= 0.6 is 11.3 Å². The molecule has 0 saturated carbocycles. The summed E-state index contributed by atoms with van der Waals surface area (Å²) in [5.74, 6) is 0.123. The molecule has 0 bridgehead atoms. The van der Waals surface area contributed by atoms with Crippen molar-refractivity contribution in [3.8, 4) is 0 Å². The second kappa shape index (κ2) is 4.53. The summed E-state index contributed by atoms with van der Waals surface area (Å²) in [6, 6.07) is 0. The molecule has 0 spiro atoms.